The van der Waals surface area contributed by atoms with Gasteiger partial charge in [0.05, 0.1) is 25.3 Å². The summed E-state index contributed by atoms with van der Waals surface area (Å²) in [5, 5.41) is 0.388. The van der Waals surface area contributed by atoms with Gasteiger partial charge in [0.15, 0.2) is 23.6 Å². The highest BCUT2D eigenvalue weighted by Crippen LogP contribution is 2.45. The smallest absolute Gasteiger partial charge is 0.319 e. The first-order valence-corrected chi connectivity index (χ1v) is 21.9. The number of halogens is 5. The Morgan fingerprint density at radius 2 is 1.79 bits per heavy atom. The van der Waals surface area contributed by atoms with Crippen LogP contribution in [0, 0.1) is 28.9 Å². The number of fused-ring (bicyclic) bond motifs is 4. The van der Waals surface area contributed by atoms with E-state index in [0.717, 1.165) is 6.07 Å². The molecule has 2 aromatic heterocycles. The Bertz CT molecular complexity index is 2340. The molecule has 0 radical (unpaired) electrons. The van der Waals surface area contributed by atoms with E-state index in [9.17, 15) is 4.39 Å². The molecule has 8 nitrogen and oxygen atoms in total. The van der Waals surface area contributed by atoms with E-state index in [1.807, 2.05) is 0 Å². The summed E-state index contributed by atoms with van der Waals surface area (Å²) in [4.78, 5) is 16.9. The number of ether oxygens (including phenoxy) is 2. The molecule has 14 heteroatoms. The average Bonchev–Trinajstić information content (AvgIpc) is 3.50. The monoisotopic (exact) mass is 794 g/mol. The Balaban J connectivity index is 1.34. The molecule has 3 aliphatic heterocycles. The lowest BCUT2D eigenvalue weighted by Gasteiger charge is -2.38. The Morgan fingerprint density at radius 3 is 2.52 bits per heavy atom. The van der Waals surface area contributed by atoms with Gasteiger partial charge in [-0.05, 0) is 66.0 Å². The Labute approximate surface area is 328 Å². The quantitative estimate of drug-likeness (QED) is 0.0821. The number of nitrogens with two attached hydrogens (primary N) is 1. The molecule has 0 bridgehead atoms. The molecule has 1 aliphatic carbocycles. The lowest BCUT2D eigenvalue weighted by atomic mass is 9.95. The molecular formula is C42H49F5N6O2Si. The van der Waals surface area contributed by atoms with Crippen molar-refractivity contribution in [1.29, 1.82) is 0 Å². The SMILES string of the molecule is [2H]C([2H])(Oc1nc(N2CCCO[C@@H]3[C@@H](F)[C@@H]32)c2cnc(-c3cc(N)cc4cc(F)c(F)c(C#C[Si](C(C)C)(C(C)C)C(C)C)c34)c(F)c2n1)[C@@]12CCCN1C[C@H](F)C2. The number of aromatic nitrogens is 3. The van der Waals surface area contributed by atoms with E-state index in [-0.39, 0.29) is 86.1 Å². The number of benzene rings is 2. The number of anilines is 2. The molecule has 4 fully saturated rings. The standard InChI is InChI=1S/C42H49F5N6O2Si/c1-22(2)56(23(3)4,24(5)6)14-9-28-32-25(16-31(44)33(28)45)15-27(48)17-29(32)36-34(46)37-30(19-49-36)40(53-12-8-13-54-39-35(47)38(39)53)51-41(50-37)55-21-42-10-7-11-52(42)20-26(43)18-42/h15-17,19,22-24,26,35,38-39H,7-8,10-13,18,20-21,48H2,1-6H3/t26-,35+,38+,39-,42+/m1/s1/i21D2. The molecule has 1 saturated carbocycles. The van der Waals surface area contributed by atoms with Gasteiger partial charge in [0, 0.05) is 49.0 Å². The van der Waals surface area contributed by atoms with Gasteiger partial charge < -0.3 is 20.1 Å². The first-order valence-electron chi connectivity index (χ1n) is 20.6. The summed E-state index contributed by atoms with van der Waals surface area (Å²) >= 11 is 0. The minimum Gasteiger partial charge on any atom is -0.461 e. The largest absolute Gasteiger partial charge is 0.461 e. The third-order valence-corrected chi connectivity index (χ3v) is 18.9. The highest BCUT2D eigenvalue weighted by Gasteiger charge is 2.58. The van der Waals surface area contributed by atoms with Crippen molar-refractivity contribution >= 4 is 41.3 Å². The van der Waals surface area contributed by atoms with Crippen molar-refractivity contribution in [3.8, 4) is 28.7 Å². The summed E-state index contributed by atoms with van der Waals surface area (Å²) in [6.45, 7) is 11.2. The van der Waals surface area contributed by atoms with Crippen LogP contribution in [0.3, 0.4) is 0 Å². The van der Waals surface area contributed by atoms with Crippen LogP contribution >= 0.6 is 0 Å². The number of alkyl halides is 2. The highest BCUT2D eigenvalue weighted by atomic mass is 28.3. The van der Waals surface area contributed by atoms with Crippen LogP contribution in [0.1, 0.15) is 75.5 Å². The van der Waals surface area contributed by atoms with E-state index in [2.05, 4.69) is 68.0 Å². The molecule has 298 valence electrons. The van der Waals surface area contributed by atoms with E-state index in [0.29, 0.717) is 32.4 Å². The molecule has 4 aromatic rings. The fraction of sp³-hybridized carbons (Fsp3) is 0.548. The fourth-order valence-corrected chi connectivity index (χ4v) is 15.1. The van der Waals surface area contributed by atoms with Crippen molar-refractivity contribution in [3.05, 3.63) is 47.4 Å². The van der Waals surface area contributed by atoms with Crippen LogP contribution in [0.25, 0.3) is 32.9 Å². The third kappa shape index (κ3) is 6.29. The predicted octanol–water partition coefficient (Wildman–Crippen LogP) is 8.68. The molecule has 0 amide bonds. The summed E-state index contributed by atoms with van der Waals surface area (Å²) in [5.41, 5.74) is 8.35. The van der Waals surface area contributed by atoms with Crippen molar-refractivity contribution in [2.75, 3.05) is 43.4 Å². The summed E-state index contributed by atoms with van der Waals surface area (Å²) in [7, 11) is -2.47. The van der Waals surface area contributed by atoms with Gasteiger partial charge in [-0.2, -0.15) is 9.97 Å². The Kier molecular flexibility index (Phi) is 9.33. The molecule has 2 N–H and O–H groups in total. The van der Waals surface area contributed by atoms with E-state index in [4.69, 9.17) is 17.9 Å². The van der Waals surface area contributed by atoms with Gasteiger partial charge in [0.2, 0.25) is 0 Å². The van der Waals surface area contributed by atoms with Gasteiger partial charge >= 0.3 is 6.01 Å². The van der Waals surface area contributed by atoms with Gasteiger partial charge in [0.1, 0.15) is 43.9 Å². The second-order valence-electron chi connectivity index (χ2n) is 16.8. The number of nitrogen functional groups attached to an aromatic ring is 1. The minimum absolute atomic E-state index is 0.0381. The van der Waals surface area contributed by atoms with Crippen molar-refractivity contribution < 1.29 is 34.2 Å². The summed E-state index contributed by atoms with van der Waals surface area (Å²) in [6.07, 6.45) is -0.636. The number of hydrogen-bond donors (Lipinski definition) is 1. The van der Waals surface area contributed by atoms with E-state index in [1.165, 1.54) is 18.3 Å². The Hall–Kier alpha value is -4.06. The first-order chi connectivity index (χ1) is 27.4. The second-order valence-corrected chi connectivity index (χ2v) is 22.4. The van der Waals surface area contributed by atoms with Crippen molar-refractivity contribution in [3.63, 3.8) is 0 Å². The van der Waals surface area contributed by atoms with Gasteiger partial charge in [-0.15, -0.1) is 5.54 Å². The van der Waals surface area contributed by atoms with Crippen LogP contribution < -0.4 is 15.4 Å². The van der Waals surface area contributed by atoms with E-state index in [1.54, 1.807) is 9.80 Å². The van der Waals surface area contributed by atoms with Crippen molar-refractivity contribution in [2.45, 2.75) is 114 Å². The molecule has 4 aliphatic rings. The Morgan fingerprint density at radius 1 is 1.04 bits per heavy atom. The number of nitrogens with zero attached hydrogens (tertiary/aromatic N) is 5. The van der Waals surface area contributed by atoms with Crippen molar-refractivity contribution in [1.82, 2.24) is 19.9 Å². The molecule has 3 saturated heterocycles. The summed E-state index contributed by atoms with van der Waals surface area (Å²) in [6, 6.07) is 2.62. The first kappa shape index (κ1) is 36.3. The molecule has 5 atom stereocenters. The number of pyridine rings is 1. The van der Waals surface area contributed by atoms with Crippen LogP contribution in [0.5, 0.6) is 6.01 Å². The molecular weight excluding hydrogens is 744 g/mol. The topological polar surface area (TPSA) is 89.6 Å². The zero-order valence-corrected chi connectivity index (χ0v) is 33.5. The molecule has 0 spiro atoms. The normalized spacial score (nSPS) is 26.0. The molecule has 0 unspecified atom stereocenters. The van der Waals surface area contributed by atoms with Crippen molar-refractivity contribution in [2.24, 2.45) is 0 Å². The predicted molar refractivity (Wildman–Crippen MR) is 211 cm³/mol. The average molecular weight is 795 g/mol. The highest BCUT2D eigenvalue weighted by molar-refractivity contribution is 6.90. The zero-order chi connectivity index (χ0) is 41.6. The van der Waals surface area contributed by atoms with Crippen LogP contribution in [0.4, 0.5) is 33.5 Å². The maximum Gasteiger partial charge on any atom is 0.319 e. The second kappa shape index (κ2) is 14.4. The zero-order valence-electron chi connectivity index (χ0n) is 34.5. The van der Waals surface area contributed by atoms with Crippen LogP contribution in [0.2, 0.25) is 16.6 Å². The van der Waals surface area contributed by atoms with E-state index >= 15 is 17.6 Å². The maximum atomic E-state index is 17.5. The number of hydrogen-bond acceptors (Lipinski definition) is 8. The van der Waals surface area contributed by atoms with Gasteiger partial charge in [0.25, 0.3) is 0 Å². The van der Waals surface area contributed by atoms with E-state index < -0.39 is 68.1 Å². The molecule has 2 aromatic carbocycles. The maximum absolute atomic E-state index is 17.5. The lowest BCUT2D eigenvalue weighted by molar-refractivity contribution is 0.105. The molecule has 56 heavy (non-hydrogen) atoms. The molecule has 8 rings (SSSR count). The van der Waals surface area contributed by atoms with Gasteiger partial charge in [-0.25, -0.2) is 22.0 Å². The minimum atomic E-state index is -2.51. The fourth-order valence-electron chi connectivity index (χ4n) is 9.92. The van der Waals surface area contributed by atoms with Gasteiger partial charge in [-0.3, -0.25) is 9.88 Å². The summed E-state index contributed by atoms with van der Waals surface area (Å²) < 4.78 is 109. The lowest BCUT2D eigenvalue weighted by Crippen LogP contribution is -2.43. The summed E-state index contributed by atoms with van der Waals surface area (Å²) in [5.74, 6) is -0.190. The van der Waals surface area contributed by atoms with Crippen LogP contribution in [-0.4, -0.2) is 90.8 Å². The van der Waals surface area contributed by atoms with Gasteiger partial charge in [-0.1, -0.05) is 47.5 Å². The number of rotatable bonds is 8. The van der Waals surface area contributed by atoms with Crippen LogP contribution in [0.15, 0.2) is 24.4 Å². The molecule has 5 heterocycles. The third-order valence-electron chi connectivity index (χ3n) is 12.6. The van der Waals surface area contributed by atoms with Crippen LogP contribution in [-0.2, 0) is 4.74 Å².